The van der Waals surface area contributed by atoms with Crippen LogP contribution in [-0.4, -0.2) is 47.7 Å². The number of amides is 2. The highest BCUT2D eigenvalue weighted by Gasteiger charge is 2.29. The summed E-state index contributed by atoms with van der Waals surface area (Å²) in [6.07, 6.45) is 0.776. The third kappa shape index (κ3) is 12.3. The normalized spacial score (nSPS) is 15.1. The van der Waals surface area contributed by atoms with Crippen molar-refractivity contribution in [3.63, 3.8) is 0 Å². The molecule has 4 atom stereocenters. The van der Waals surface area contributed by atoms with Gasteiger partial charge in [-0.25, -0.2) is 0 Å². The Bertz CT molecular complexity index is 739. The maximum Gasteiger partial charge on any atom is 0.243 e. The summed E-state index contributed by atoms with van der Waals surface area (Å²) in [5, 5.41) is 18.7. The highest BCUT2D eigenvalue weighted by atomic mass is 16.6. The summed E-state index contributed by atoms with van der Waals surface area (Å²) in [6.45, 7) is 12.0. The number of aliphatic hydroxyl groups is 1. The summed E-state index contributed by atoms with van der Waals surface area (Å²) in [7, 11) is 0. The van der Waals surface area contributed by atoms with Gasteiger partial charge < -0.3 is 25.3 Å². The standard InChI is InChI=1S/C26H43N3O5/c1-17(2)12-21(15-30)27-24(31)22(13-18(3)4)28-25(32)23(14-19(5)6)29-26(33)34-16-20-10-8-7-9-11-20/h7-11,15,17-19,21-23,26,29,33H,12-14,16H2,1-6H3,(H,27,31)(H,28,32)/t21-,22+,23-,26?/m0/s1. The van der Waals surface area contributed by atoms with Crippen molar-refractivity contribution < 1.29 is 24.2 Å². The number of aldehydes is 1. The van der Waals surface area contributed by atoms with Crippen molar-refractivity contribution in [3.05, 3.63) is 35.9 Å². The van der Waals surface area contributed by atoms with Gasteiger partial charge in [0, 0.05) is 0 Å². The molecule has 1 aromatic carbocycles. The molecule has 0 fully saturated rings. The first-order valence-corrected chi connectivity index (χ1v) is 12.2. The van der Waals surface area contributed by atoms with E-state index in [1.165, 1.54) is 0 Å². The molecule has 0 radical (unpaired) electrons. The van der Waals surface area contributed by atoms with Crippen molar-refractivity contribution in [2.24, 2.45) is 17.8 Å². The lowest BCUT2D eigenvalue weighted by atomic mass is 9.99. The van der Waals surface area contributed by atoms with Gasteiger partial charge >= 0.3 is 0 Å². The van der Waals surface area contributed by atoms with Crippen molar-refractivity contribution in [1.82, 2.24) is 16.0 Å². The topological polar surface area (TPSA) is 117 Å². The zero-order chi connectivity index (χ0) is 25.7. The van der Waals surface area contributed by atoms with Crippen LogP contribution < -0.4 is 16.0 Å². The lowest BCUT2D eigenvalue weighted by Gasteiger charge is -2.27. The van der Waals surface area contributed by atoms with Gasteiger partial charge in [0.1, 0.15) is 12.3 Å². The van der Waals surface area contributed by atoms with Gasteiger partial charge in [0.2, 0.25) is 18.2 Å². The Morgan fingerprint density at radius 3 is 1.91 bits per heavy atom. The third-order valence-electron chi connectivity index (χ3n) is 5.18. The Hall–Kier alpha value is -2.29. The van der Waals surface area contributed by atoms with E-state index in [9.17, 15) is 19.5 Å². The second kappa shape index (κ2) is 15.6. The van der Waals surface area contributed by atoms with E-state index in [1.807, 2.05) is 71.9 Å². The largest absolute Gasteiger partial charge is 0.356 e. The lowest BCUT2D eigenvalue weighted by molar-refractivity contribution is -0.146. The lowest BCUT2D eigenvalue weighted by Crippen LogP contribution is -2.56. The van der Waals surface area contributed by atoms with Gasteiger partial charge in [-0.15, -0.1) is 0 Å². The Balaban J connectivity index is 2.83. The first-order chi connectivity index (χ1) is 16.0. The zero-order valence-electron chi connectivity index (χ0n) is 21.4. The number of rotatable bonds is 16. The fourth-order valence-electron chi connectivity index (χ4n) is 3.61. The van der Waals surface area contributed by atoms with E-state index in [4.69, 9.17) is 4.74 Å². The van der Waals surface area contributed by atoms with E-state index in [0.717, 1.165) is 11.8 Å². The monoisotopic (exact) mass is 477 g/mol. The zero-order valence-corrected chi connectivity index (χ0v) is 21.4. The van der Waals surface area contributed by atoms with Crippen LogP contribution in [0.3, 0.4) is 0 Å². The van der Waals surface area contributed by atoms with E-state index >= 15 is 0 Å². The van der Waals surface area contributed by atoms with Crippen molar-refractivity contribution >= 4 is 18.1 Å². The van der Waals surface area contributed by atoms with Crippen LogP contribution in [0.5, 0.6) is 0 Å². The summed E-state index contributed by atoms with van der Waals surface area (Å²) in [5.41, 5.74) is 0.896. The summed E-state index contributed by atoms with van der Waals surface area (Å²) in [4.78, 5) is 37.4. The summed E-state index contributed by atoms with van der Waals surface area (Å²) >= 11 is 0. The molecule has 0 heterocycles. The average molecular weight is 478 g/mol. The van der Waals surface area contributed by atoms with Gasteiger partial charge in [0.05, 0.1) is 18.7 Å². The maximum atomic E-state index is 13.1. The van der Waals surface area contributed by atoms with E-state index in [0.29, 0.717) is 19.3 Å². The van der Waals surface area contributed by atoms with Gasteiger partial charge in [0.15, 0.2) is 0 Å². The van der Waals surface area contributed by atoms with E-state index in [-0.39, 0.29) is 30.3 Å². The highest BCUT2D eigenvalue weighted by Crippen LogP contribution is 2.11. The molecule has 0 aromatic heterocycles. The van der Waals surface area contributed by atoms with Crippen LogP contribution in [0.4, 0.5) is 0 Å². The average Bonchev–Trinajstić information content (AvgIpc) is 2.76. The number of nitrogens with one attached hydrogen (secondary N) is 3. The van der Waals surface area contributed by atoms with Crippen molar-refractivity contribution in [3.8, 4) is 0 Å². The minimum atomic E-state index is -1.35. The van der Waals surface area contributed by atoms with Crippen molar-refractivity contribution in [2.45, 2.75) is 92.0 Å². The fraction of sp³-hybridized carbons (Fsp3) is 0.654. The smallest absolute Gasteiger partial charge is 0.243 e. The minimum absolute atomic E-state index is 0.145. The van der Waals surface area contributed by atoms with Gasteiger partial charge in [-0.2, -0.15) is 0 Å². The van der Waals surface area contributed by atoms with E-state index in [2.05, 4.69) is 16.0 Å². The van der Waals surface area contributed by atoms with Crippen LogP contribution in [0.1, 0.15) is 66.4 Å². The van der Waals surface area contributed by atoms with Gasteiger partial charge in [-0.1, -0.05) is 71.9 Å². The molecule has 8 nitrogen and oxygen atoms in total. The van der Waals surface area contributed by atoms with Crippen LogP contribution >= 0.6 is 0 Å². The second-order valence-corrected chi connectivity index (χ2v) is 10.1. The molecule has 192 valence electrons. The molecule has 0 aliphatic heterocycles. The van der Waals surface area contributed by atoms with Crippen LogP contribution in [0.15, 0.2) is 30.3 Å². The SMILES string of the molecule is CC(C)C[C@@H](C=O)NC(=O)[C@@H](CC(C)C)NC(=O)[C@H](CC(C)C)NC(O)OCc1ccccc1. The molecule has 0 saturated heterocycles. The number of aliphatic hydroxyl groups excluding tert-OH is 1. The highest BCUT2D eigenvalue weighted by molar-refractivity contribution is 5.90. The molecule has 0 bridgehead atoms. The number of hydrogen-bond donors (Lipinski definition) is 4. The number of ether oxygens (including phenoxy) is 1. The second-order valence-electron chi connectivity index (χ2n) is 10.1. The molecular weight excluding hydrogens is 434 g/mol. The molecule has 1 aromatic rings. The van der Waals surface area contributed by atoms with Crippen molar-refractivity contribution in [1.29, 1.82) is 0 Å². The van der Waals surface area contributed by atoms with Gasteiger partial charge in [-0.3, -0.25) is 14.9 Å². The molecule has 0 aliphatic carbocycles. The quantitative estimate of drug-likeness (QED) is 0.215. The van der Waals surface area contributed by atoms with Gasteiger partial charge in [0.25, 0.3) is 0 Å². The Labute approximate surface area is 204 Å². The van der Waals surface area contributed by atoms with Gasteiger partial charge in [-0.05, 0) is 42.6 Å². The summed E-state index contributed by atoms with van der Waals surface area (Å²) in [5.74, 6) is -0.238. The van der Waals surface area contributed by atoms with E-state index in [1.54, 1.807) is 0 Å². The Morgan fingerprint density at radius 1 is 0.853 bits per heavy atom. The van der Waals surface area contributed by atoms with Crippen molar-refractivity contribution in [2.75, 3.05) is 0 Å². The minimum Gasteiger partial charge on any atom is -0.356 e. The van der Waals surface area contributed by atoms with Crippen LogP contribution in [0.2, 0.25) is 0 Å². The third-order valence-corrected chi connectivity index (χ3v) is 5.18. The molecular formula is C26H43N3O5. The molecule has 2 amide bonds. The first kappa shape index (κ1) is 29.7. The molecule has 0 saturated carbocycles. The summed E-state index contributed by atoms with van der Waals surface area (Å²) in [6, 6.07) is 7.26. The number of carbonyl (C=O) groups excluding carboxylic acids is 3. The molecule has 4 N–H and O–H groups in total. The fourth-order valence-corrected chi connectivity index (χ4v) is 3.61. The molecule has 8 heteroatoms. The van der Waals surface area contributed by atoms with Crippen LogP contribution in [-0.2, 0) is 25.7 Å². The Morgan fingerprint density at radius 2 is 1.38 bits per heavy atom. The van der Waals surface area contributed by atoms with Crippen LogP contribution in [0.25, 0.3) is 0 Å². The first-order valence-electron chi connectivity index (χ1n) is 12.2. The van der Waals surface area contributed by atoms with E-state index < -0.39 is 30.4 Å². The molecule has 0 spiro atoms. The predicted molar refractivity (Wildman–Crippen MR) is 132 cm³/mol. The Kier molecular flexibility index (Phi) is 13.6. The molecule has 0 aliphatic rings. The molecule has 1 unspecified atom stereocenters. The maximum absolute atomic E-state index is 13.1. The number of carbonyl (C=O) groups is 3. The number of benzene rings is 1. The molecule has 34 heavy (non-hydrogen) atoms. The number of hydrogen-bond acceptors (Lipinski definition) is 6. The van der Waals surface area contributed by atoms with Crippen LogP contribution in [0, 0.1) is 17.8 Å². The predicted octanol–water partition coefficient (Wildman–Crippen LogP) is 2.74. The summed E-state index contributed by atoms with van der Waals surface area (Å²) < 4.78 is 5.46. The molecule has 1 rings (SSSR count).